The van der Waals surface area contributed by atoms with Crippen LogP contribution in [0.5, 0.6) is 0 Å². The number of benzene rings is 1. The Morgan fingerprint density at radius 3 is 2.68 bits per heavy atom. The first-order valence-corrected chi connectivity index (χ1v) is 12.5. The van der Waals surface area contributed by atoms with Crippen molar-refractivity contribution in [1.82, 2.24) is 19.6 Å². The van der Waals surface area contributed by atoms with Crippen molar-refractivity contribution in [3.8, 4) is 0 Å². The second kappa shape index (κ2) is 12.8. The predicted octanol–water partition coefficient (Wildman–Crippen LogP) is 4.04. The van der Waals surface area contributed by atoms with Crippen molar-refractivity contribution in [2.24, 2.45) is 0 Å². The van der Waals surface area contributed by atoms with Gasteiger partial charge in [-0.2, -0.15) is 4.37 Å². The smallest absolute Gasteiger partial charge is 0.221 e. The summed E-state index contributed by atoms with van der Waals surface area (Å²) in [5, 5.41) is 4.02. The van der Waals surface area contributed by atoms with Gasteiger partial charge in [0, 0.05) is 50.6 Å². The number of nitrogens with zero attached hydrogens (tertiary/aromatic N) is 4. The number of unbranched alkanes of at least 4 members (excludes halogenated alkanes) is 1. The molecule has 0 spiro atoms. The van der Waals surface area contributed by atoms with Gasteiger partial charge in [-0.1, -0.05) is 49.6 Å². The van der Waals surface area contributed by atoms with Crippen molar-refractivity contribution >= 4 is 22.6 Å². The Hall–Kier alpha value is -1.99. The second-order valence-corrected chi connectivity index (χ2v) is 9.23. The second-order valence-electron chi connectivity index (χ2n) is 8.50. The van der Waals surface area contributed by atoms with Crippen LogP contribution in [0.2, 0.25) is 0 Å². The van der Waals surface area contributed by atoms with Gasteiger partial charge in [-0.25, -0.2) is 4.98 Å². The lowest BCUT2D eigenvalue weighted by Gasteiger charge is -2.26. The lowest BCUT2D eigenvalue weighted by atomic mass is 10.1. The van der Waals surface area contributed by atoms with Gasteiger partial charge < -0.3 is 15.1 Å². The number of amides is 1. The summed E-state index contributed by atoms with van der Waals surface area (Å²) in [5.74, 6) is 0.985. The van der Waals surface area contributed by atoms with Gasteiger partial charge in [-0.05, 0) is 44.8 Å². The molecular weight excluding hydrogens is 406 g/mol. The summed E-state index contributed by atoms with van der Waals surface area (Å²) in [7, 11) is 0. The molecule has 1 saturated heterocycles. The molecule has 170 valence electrons. The fraction of sp³-hybridized carbons (Fsp3) is 0.625. The van der Waals surface area contributed by atoms with Crippen LogP contribution >= 0.6 is 11.5 Å². The third kappa shape index (κ3) is 8.22. The number of likely N-dealkylation sites (tertiary alicyclic amines) is 1. The third-order valence-electron chi connectivity index (χ3n) is 5.80. The molecule has 1 amide bonds. The van der Waals surface area contributed by atoms with E-state index in [9.17, 15) is 4.79 Å². The Morgan fingerprint density at radius 2 is 1.94 bits per heavy atom. The van der Waals surface area contributed by atoms with E-state index in [4.69, 9.17) is 4.98 Å². The zero-order valence-electron chi connectivity index (χ0n) is 19.1. The number of hydrogen-bond acceptors (Lipinski definition) is 6. The molecular formula is C24H37N5OS. The number of rotatable bonds is 12. The van der Waals surface area contributed by atoms with Gasteiger partial charge in [-0.15, -0.1) is 0 Å². The molecule has 6 nitrogen and oxygen atoms in total. The molecule has 2 heterocycles. The van der Waals surface area contributed by atoms with Gasteiger partial charge in [0.25, 0.3) is 0 Å². The van der Waals surface area contributed by atoms with Gasteiger partial charge in [0.05, 0.1) is 0 Å². The average Bonchev–Trinajstić information content (AvgIpc) is 3.24. The highest BCUT2D eigenvalue weighted by molar-refractivity contribution is 7.09. The van der Waals surface area contributed by atoms with Gasteiger partial charge in [0.1, 0.15) is 5.82 Å². The summed E-state index contributed by atoms with van der Waals surface area (Å²) < 4.78 is 4.57. The predicted molar refractivity (Wildman–Crippen MR) is 129 cm³/mol. The van der Waals surface area contributed by atoms with Crippen molar-refractivity contribution in [1.29, 1.82) is 0 Å². The van der Waals surface area contributed by atoms with Crippen LogP contribution in [0.4, 0.5) is 5.13 Å². The molecule has 0 bridgehead atoms. The number of nitrogens with one attached hydrogen (secondary N) is 1. The molecule has 0 saturated carbocycles. The Bertz CT molecular complexity index is 786. The lowest BCUT2D eigenvalue weighted by Crippen LogP contribution is -2.38. The van der Waals surface area contributed by atoms with Crippen LogP contribution in [-0.2, 0) is 11.2 Å². The van der Waals surface area contributed by atoms with Crippen molar-refractivity contribution in [3.05, 3.63) is 41.2 Å². The number of anilines is 1. The van der Waals surface area contributed by atoms with Crippen LogP contribution in [0.15, 0.2) is 24.3 Å². The molecule has 1 aromatic heterocycles. The molecule has 0 radical (unpaired) electrons. The molecule has 1 fully saturated rings. The summed E-state index contributed by atoms with van der Waals surface area (Å²) in [6.45, 7) is 9.93. The van der Waals surface area contributed by atoms with Crippen LogP contribution in [0, 0.1) is 6.92 Å². The topological polar surface area (TPSA) is 61.4 Å². The highest BCUT2D eigenvalue weighted by Gasteiger charge is 2.15. The Labute approximate surface area is 191 Å². The maximum Gasteiger partial charge on any atom is 0.221 e. The van der Waals surface area contributed by atoms with E-state index in [1.54, 1.807) is 0 Å². The zero-order chi connectivity index (χ0) is 21.9. The van der Waals surface area contributed by atoms with E-state index in [-0.39, 0.29) is 5.91 Å². The first kappa shape index (κ1) is 23.7. The van der Waals surface area contributed by atoms with E-state index in [0.29, 0.717) is 13.0 Å². The van der Waals surface area contributed by atoms with Crippen LogP contribution in [0.1, 0.15) is 62.4 Å². The molecule has 1 N–H and O–H groups in total. The lowest BCUT2D eigenvalue weighted by molar-refractivity contribution is -0.120. The van der Waals surface area contributed by atoms with Crippen molar-refractivity contribution in [2.75, 3.05) is 44.2 Å². The first-order valence-electron chi connectivity index (χ1n) is 11.8. The minimum Gasteiger partial charge on any atom is -0.355 e. The van der Waals surface area contributed by atoms with E-state index in [2.05, 4.69) is 57.6 Å². The highest BCUT2D eigenvalue weighted by Crippen LogP contribution is 2.20. The molecule has 7 heteroatoms. The maximum atomic E-state index is 12.4. The fourth-order valence-electron chi connectivity index (χ4n) is 3.85. The molecule has 0 atom stereocenters. The van der Waals surface area contributed by atoms with E-state index in [1.165, 1.54) is 55.0 Å². The molecule has 1 aromatic carbocycles. The molecule has 3 rings (SSSR count). The number of carbonyl (C=O) groups excluding carboxylic acids is 1. The maximum absolute atomic E-state index is 12.4. The Morgan fingerprint density at radius 1 is 1.16 bits per heavy atom. The van der Waals surface area contributed by atoms with Crippen LogP contribution in [0.3, 0.4) is 0 Å². The fourth-order valence-corrected chi connectivity index (χ4v) is 4.58. The van der Waals surface area contributed by atoms with E-state index >= 15 is 0 Å². The van der Waals surface area contributed by atoms with Crippen LogP contribution < -0.4 is 10.2 Å². The number of aromatic nitrogens is 2. The molecule has 0 unspecified atom stereocenters. The van der Waals surface area contributed by atoms with E-state index in [1.807, 2.05) is 0 Å². The molecule has 1 aliphatic rings. The third-order valence-corrected chi connectivity index (χ3v) is 6.61. The number of hydrogen-bond donors (Lipinski definition) is 1. The molecule has 1 aliphatic heterocycles. The largest absolute Gasteiger partial charge is 0.355 e. The van der Waals surface area contributed by atoms with Gasteiger partial charge in [0.2, 0.25) is 11.0 Å². The number of aryl methyl sites for hydroxylation is 1. The SMILES string of the molecule is CCCCN(CCC(=O)NCCN1CCCCC1)c1nc(Cc2ccc(C)cc2)ns1. The van der Waals surface area contributed by atoms with Crippen molar-refractivity contribution < 1.29 is 4.79 Å². The average molecular weight is 444 g/mol. The summed E-state index contributed by atoms with van der Waals surface area (Å²) in [5.41, 5.74) is 2.48. The Kier molecular flexibility index (Phi) is 9.75. The summed E-state index contributed by atoms with van der Waals surface area (Å²) in [6.07, 6.45) is 7.36. The summed E-state index contributed by atoms with van der Waals surface area (Å²) in [4.78, 5) is 21.8. The quantitative estimate of drug-likeness (QED) is 0.537. The van der Waals surface area contributed by atoms with E-state index in [0.717, 1.165) is 49.9 Å². The normalized spacial score (nSPS) is 14.5. The minimum atomic E-state index is 0.128. The van der Waals surface area contributed by atoms with Gasteiger partial charge in [0.15, 0.2) is 0 Å². The van der Waals surface area contributed by atoms with Gasteiger partial charge in [-0.3, -0.25) is 4.79 Å². The van der Waals surface area contributed by atoms with Crippen molar-refractivity contribution in [2.45, 2.75) is 58.8 Å². The van der Waals surface area contributed by atoms with Gasteiger partial charge >= 0.3 is 0 Å². The minimum absolute atomic E-state index is 0.128. The monoisotopic (exact) mass is 443 g/mol. The number of piperidine rings is 1. The standard InChI is InChI=1S/C24H37N5OS/c1-3-4-16-29(17-12-23(30)25-13-18-28-14-6-5-7-15-28)24-26-22(27-31-24)19-21-10-8-20(2)9-11-21/h8-11H,3-7,12-19H2,1-2H3,(H,25,30). The first-order chi connectivity index (χ1) is 15.1. The van der Waals surface area contributed by atoms with Crippen LogP contribution in [0.25, 0.3) is 0 Å². The summed E-state index contributed by atoms with van der Waals surface area (Å²) in [6, 6.07) is 8.53. The zero-order valence-corrected chi connectivity index (χ0v) is 19.9. The highest BCUT2D eigenvalue weighted by atomic mass is 32.1. The van der Waals surface area contributed by atoms with E-state index < -0.39 is 0 Å². The number of carbonyl (C=O) groups is 1. The molecule has 2 aromatic rings. The summed E-state index contributed by atoms with van der Waals surface area (Å²) >= 11 is 1.45. The van der Waals surface area contributed by atoms with Crippen LogP contribution in [-0.4, -0.2) is 59.4 Å². The molecule has 31 heavy (non-hydrogen) atoms. The molecule has 0 aliphatic carbocycles. The van der Waals surface area contributed by atoms with Crippen molar-refractivity contribution in [3.63, 3.8) is 0 Å². The Balaban J connectivity index is 1.47.